The van der Waals surface area contributed by atoms with Crippen LogP contribution in [0.15, 0.2) is 48.5 Å². The molecule has 110 valence electrons. The van der Waals surface area contributed by atoms with Gasteiger partial charge in [0.2, 0.25) is 0 Å². The molecule has 0 fully saturated rings. The van der Waals surface area contributed by atoms with Gasteiger partial charge in [-0.3, -0.25) is 4.79 Å². The maximum Gasteiger partial charge on any atom is 0.255 e. The van der Waals surface area contributed by atoms with Gasteiger partial charge in [0.15, 0.2) is 0 Å². The van der Waals surface area contributed by atoms with E-state index >= 15 is 0 Å². The summed E-state index contributed by atoms with van der Waals surface area (Å²) in [6, 6.07) is 13.8. The Morgan fingerprint density at radius 2 is 1.67 bits per heavy atom. The lowest BCUT2D eigenvalue weighted by Crippen LogP contribution is -2.27. The number of carbonyl (C=O) groups excluding carboxylic acids is 1. The molecular weight excluding hydrogens is 264 g/mol. The third-order valence-electron chi connectivity index (χ3n) is 3.56. The second kappa shape index (κ2) is 5.97. The van der Waals surface area contributed by atoms with E-state index in [0.29, 0.717) is 12.1 Å². The van der Waals surface area contributed by atoms with Gasteiger partial charge in [0, 0.05) is 23.2 Å². The third-order valence-corrected chi connectivity index (χ3v) is 3.56. The average molecular weight is 284 g/mol. The van der Waals surface area contributed by atoms with Crippen LogP contribution in [0.2, 0.25) is 0 Å². The summed E-state index contributed by atoms with van der Waals surface area (Å²) in [5.41, 5.74) is 8.03. The topological polar surface area (TPSA) is 75.3 Å². The van der Waals surface area contributed by atoms with Gasteiger partial charge in [0.05, 0.1) is 0 Å². The lowest BCUT2D eigenvalue weighted by Gasteiger charge is -2.23. The Hall–Kier alpha value is -2.33. The molecule has 0 aromatic heterocycles. The van der Waals surface area contributed by atoms with Crippen LogP contribution in [0.1, 0.15) is 29.8 Å². The van der Waals surface area contributed by atoms with Crippen LogP contribution >= 0.6 is 0 Å². The van der Waals surface area contributed by atoms with Crippen molar-refractivity contribution < 1.29 is 9.90 Å². The summed E-state index contributed by atoms with van der Waals surface area (Å²) in [6.45, 7) is 4.72. The molecule has 2 aromatic rings. The van der Waals surface area contributed by atoms with Gasteiger partial charge in [-0.1, -0.05) is 26.0 Å². The number of rotatable bonds is 4. The van der Waals surface area contributed by atoms with Crippen LogP contribution in [0.5, 0.6) is 5.75 Å². The molecule has 4 N–H and O–H groups in total. The Morgan fingerprint density at radius 1 is 1.10 bits per heavy atom. The molecule has 2 rings (SSSR count). The van der Waals surface area contributed by atoms with Gasteiger partial charge in [0.25, 0.3) is 5.91 Å². The van der Waals surface area contributed by atoms with E-state index in [2.05, 4.69) is 19.2 Å². The molecule has 0 unspecified atom stereocenters. The van der Waals surface area contributed by atoms with E-state index < -0.39 is 0 Å². The minimum atomic E-state index is -0.208. The molecule has 0 aliphatic heterocycles. The maximum atomic E-state index is 12.1. The normalized spacial score (nSPS) is 11.2. The molecule has 2 aromatic carbocycles. The third kappa shape index (κ3) is 3.61. The molecular formula is C17H20N2O2. The van der Waals surface area contributed by atoms with Crippen molar-refractivity contribution in [1.29, 1.82) is 0 Å². The number of amides is 1. The summed E-state index contributed by atoms with van der Waals surface area (Å²) in [5.74, 6) is -0.0687. The van der Waals surface area contributed by atoms with Crippen molar-refractivity contribution in [3.63, 3.8) is 0 Å². The first kappa shape index (κ1) is 15.1. The van der Waals surface area contributed by atoms with Gasteiger partial charge in [-0.25, -0.2) is 0 Å². The van der Waals surface area contributed by atoms with Gasteiger partial charge >= 0.3 is 0 Å². The molecule has 0 saturated heterocycles. The first-order chi connectivity index (χ1) is 9.92. The Labute approximate surface area is 124 Å². The SMILES string of the molecule is CC(C)(CN)c1ccc(NC(=O)c2ccc(O)cc2)cc1. The highest BCUT2D eigenvalue weighted by Gasteiger charge is 2.18. The molecule has 0 bridgehead atoms. The number of hydrogen-bond acceptors (Lipinski definition) is 3. The average Bonchev–Trinajstić information content (AvgIpc) is 2.48. The van der Waals surface area contributed by atoms with Crippen LogP contribution in [0.4, 0.5) is 5.69 Å². The fourth-order valence-electron chi connectivity index (χ4n) is 1.94. The summed E-state index contributed by atoms with van der Waals surface area (Å²) in [4.78, 5) is 12.1. The second-order valence-corrected chi connectivity index (χ2v) is 5.67. The molecule has 0 aliphatic carbocycles. The number of phenols is 1. The quantitative estimate of drug-likeness (QED) is 0.808. The van der Waals surface area contributed by atoms with Crippen molar-refractivity contribution in [2.45, 2.75) is 19.3 Å². The predicted molar refractivity (Wildman–Crippen MR) is 84.6 cm³/mol. The predicted octanol–water partition coefficient (Wildman–Crippen LogP) is 2.88. The van der Waals surface area contributed by atoms with Gasteiger partial charge < -0.3 is 16.2 Å². The zero-order valence-electron chi connectivity index (χ0n) is 12.3. The van der Waals surface area contributed by atoms with E-state index in [1.807, 2.05) is 24.3 Å². The monoisotopic (exact) mass is 284 g/mol. The second-order valence-electron chi connectivity index (χ2n) is 5.67. The van der Waals surface area contributed by atoms with Crippen molar-refractivity contribution >= 4 is 11.6 Å². The molecule has 0 aliphatic rings. The lowest BCUT2D eigenvalue weighted by molar-refractivity contribution is 0.102. The van der Waals surface area contributed by atoms with E-state index in [9.17, 15) is 9.90 Å². The molecule has 0 radical (unpaired) electrons. The number of phenolic OH excluding ortho intramolecular Hbond substituents is 1. The molecule has 0 heterocycles. The zero-order valence-corrected chi connectivity index (χ0v) is 12.3. The number of aromatic hydroxyl groups is 1. The Kier molecular flexibility index (Phi) is 4.29. The standard InChI is InChI=1S/C17H20N2O2/c1-17(2,11-18)13-5-7-14(8-6-13)19-16(21)12-3-9-15(20)10-4-12/h3-10,20H,11,18H2,1-2H3,(H,19,21). The summed E-state index contributed by atoms with van der Waals surface area (Å²) >= 11 is 0. The van der Waals surface area contributed by atoms with Crippen LogP contribution in [-0.2, 0) is 5.41 Å². The fourth-order valence-corrected chi connectivity index (χ4v) is 1.94. The molecule has 21 heavy (non-hydrogen) atoms. The smallest absolute Gasteiger partial charge is 0.255 e. The zero-order chi connectivity index (χ0) is 15.5. The number of benzene rings is 2. The maximum absolute atomic E-state index is 12.1. The van der Waals surface area contributed by atoms with Crippen molar-refractivity contribution in [2.24, 2.45) is 5.73 Å². The molecule has 0 atom stereocenters. The van der Waals surface area contributed by atoms with Crippen molar-refractivity contribution in [3.8, 4) is 5.75 Å². The number of anilines is 1. The van der Waals surface area contributed by atoms with Crippen molar-refractivity contribution in [3.05, 3.63) is 59.7 Å². The first-order valence-corrected chi connectivity index (χ1v) is 6.83. The first-order valence-electron chi connectivity index (χ1n) is 6.83. The van der Waals surface area contributed by atoms with Gasteiger partial charge in [0.1, 0.15) is 5.75 Å². The van der Waals surface area contributed by atoms with Gasteiger partial charge in [-0.15, -0.1) is 0 Å². The highest BCUT2D eigenvalue weighted by atomic mass is 16.3. The minimum absolute atomic E-state index is 0.0838. The molecule has 0 spiro atoms. The number of hydrogen-bond donors (Lipinski definition) is 3. The lowest BCUT2D eigenvalue weighted by atomic mass is 9.85. The van der Waals surface area contributed by atoms with Crippen LogP contribution in [0.3, 0.4) is 0 Å². The van der Waals surface area contributed by atoms with Crippen LogP contribution in [0, 0.1) is 0 Å². The fraction of sp³-hybridized carbons (Fsp3) is 0.235. The van der Waals surface area contributed by atoms with Crippen LogP contribution < -0.4 is 11.1 Å². The van der Waals surface area contributed by atoms with Gasteiger partial charge in [-0.2, -0.15) is 0 Å². The van der Waals surface area contributed by atoms with Crippen LogP contribution in [-0.4, -0.2) is 17.6 Å². The number of nitrogens with two attached hydrogens (primary N) is 1. The highest BCUT2D eigenvalue weighted by molar-refractivity contribution is 6.04. The summed E-state index contributed by atoms with van der Waals surface area (Å²) < 4.78 is 0. The number of nitrogens with one attached hydrogen (secondary N) is 1. The molecule has 4 heteroatoms. The molecule has 4 nitrogen and oxygen atoms in total. The molecule has 1 amide bonds. The van der Waals surface area contributed by atoms with E-state index in [-0.39, 0.29) is 17.1 Å². The van der Waals surface area contributed by atoms with Crippen molar-refractivity contribution in [1.82, 2.24) is 0 Å². The minimum Gasteiger partial charge on any atom is -0.508 e. The van der Waals surface area contributed by atoms with E-state index in [4.69, 9.17) is 5.73 Å². The number of carbonyl (C=O) groups is 1. The summed E-state index contributed by atoms with van der Waals surface area (Å²) in [6.07, 6.45) is 0. The largest absolute Gasteiger partial charge is 0.508 e. The summed E-state index contributed by atoms with van der Waals surface area (Å²) in [5, 5.41) is 12.0. The Balaban J connectivity index is 2.10. The van der Waals surface area contributed by atoms with E-state index in [1.54, 1.807) is 12.1 Å². The van der Waals surface area contributed by atoms with E-state index in [0.717, 1.165) is 11.3 Å². The summed E-state index contributed by atoms with van der Waals surface area (Å²) in [7, 11) is 0. The van der Waals surface area contributed by atoms with Gasteiger partial charge in [-0.05, 0) is 42.0 Å². The van der Waals surface area contributed by atoms with E-state index in [1.165, 1.54) is 12.1 Å². The van der Waals surface area contributed by atoms with Crippen molar-refractivity contribution in [2.75, 3.05) is 11.9 Å². The molecule has 0 saturated carbocycles. The van der Waals surface area contributed by atoms with Crippen LogP contribution in [0.25, 0.3) is 0 Å². The Morgan fingerprint density at radius 3 is 2.19 bits per heavy atom. The Bertz CT molecular complexity index is 616. The highest BCUT2D eigenvalue weighted by Crippen LogP contribution is 2.23.